The lowest BCUT2D eigenvalue weighted by atomic mass is 10.2. The molecule has 2 N–H and O–H groups in total. The maximum atomic E-state index is 12.0. The van der Waals surface area contributed by atoms with E-state index in [0.717, 1.165) is 35.8 Å². The average molecular weight is 384 g/mol. The van der Waals surface area contributed by atoms with Gasteiger partial charge < -0.3 is 25.0 Å². The number of ether oxygens (including phenoxy) is 2. The molecule has 150 valence electrons. The molecule has 2 aromatic rings. The molecule has 0 saturated carbocycles. The summed E-state index contributed by atoms with van der Waals surface area (Å²) < 4.78 is 10.9. The van der Waals surface area contributed by atoms with Gasteiger partial charge in [0.2, 0.25) is 0 Å². The van der Waals surface area contributed by atoms with Crippen molar-refractivity contribution in [3.8, 4) is 5.75 Å². The number of benzene rings is 1. The number of urea groups is 1. The monoisotopic (exact) mass is 384 g/mol. The Balaban J connectivity index is 1.46. The van der Waals surface area contributed by atoms with Crippen LogP contribution in [0.25, 0.3) is 0 Å². The number of pyridine rings is 1. The molecule has 1 fully saturated rings. The molecule has 0 bridgehead atoms. The summed E-state index contributed by atoms with van der Waals surface area (Å²) in [4.78, 5) is 18.8. The van der Waals surface area contributed by atoms with Gasteiger partial charge in [-0.3, -0.25) is 0 Å². The van der Waals surface area contributed by atoms with Crippen LogP contribution in [-0.2, 0) is 17.8 Å². The summed E-state index contributed by atoms with van der Waals surface area (Å²) in [6.07, 6.45) is 2.20. The first-order chi connectivity index (χ1) is 13.5. The van der Waals surface area contributed by atoms with Gasteiger partial charge in [-0.15, -0.1) is 0 Å². The topological polar surface area (TPSA) is 75.7 Å². The maximum absolute atomic E-state index is 12.0. The highest BCUT2D eigenvalue weighted by atomic mass is 16.5. The highest BCUT2D eigenvalue weighted by Crippen LogP contribution is 2.18. The second-order valence-electron chi connectivity index (χ2n) is 7.07. The number of morpholine rings is 1. The fourth-order valence-corrected chi connectivity index (χ4v) is 3.28. The summed E-state index contributed by atoms with van der Waals surface area (Å²) in [5.41, 5.74) is 1.93. The lowest BCUT2D eigenvalue weighted by Gasteiger charge is -2.36. The minimum absolute atomic E-state index is 0.195. The van der Waals surface area contributed by atoms with Crippen LogP contribution >= 0.6 is 0 Å². The fraction of sp³-hybridized carbons (Fsp3) is 0.429. The second-order valence-corrected chi connectivity index (χ2v) is 7.07. The van der Waals surface area contributed by atoms with E-state index < -0.39 is 0 Å². The molecule has 1 aromatic heterocycles. The van der Waals surface area contributed by atoms with Gasteiger partial charge in [0.15, 0.2) is 0 Å². The van der Waals surface area contributed by atoms with Crippen LogP contribution in [0, 0.1) is 0 Å². The van der Waals surface area contributed by atoms with Gasteiger partial charge >= 0.3 is 6.03 Å². The highest BCUT2D eigenvalue weighted by molar-refractivity contribution is 5.73. The van der Waals surface area contributed by atoms with Crippen molar-refractivity contribution in [3.63, 3.8) is 0 Å². The van der Waals surface area contributed by atoms with Crippen LogP contribution in [0.2, 0.25) is 0 Å². The van der Waals surface area contributed by atoms with E-state index in [2.05, 4.69) is 34.4 Å². The Morgan fingerprint density at radius 1 is 1.14 bits per heavy atom. The Morgan fingerprint density at radius 2 is 1.86 bits per heavy atom. The molecule has 1 aromatic carbocycles. The van der Waals surface area contributed by atoms with Crippen LogP contribution < -0.4 is 20.3 Å². The van der Waals surface area contributed by atoms with Gasteiger partial charge in [0.25, 0.3) is 0 Å². The first-order valence-electron chi connectivity index (χ1n) is 9.53. The predicted octanol–water partition coefficient (Wildman–Crippen LogP) is 2.70. The molecule has 1 saturated heterocycles. The normalized spacial score (nSPS) is 19.2. The van der Waals surface area contributed by atoms with Crippen molar-refractivity contribution in [2.75, 3.05) is 25.1 Å². The van der Waals surface area contributed by atoms with Gasteiger partial charge in [0.05, 0.1) is 19.3 Å². The van der Waals surface area contributed by atoms with E-state index in [1.807, 2.05) is 42.6 Å². The van der Waals surface area contributed by atoms with E-state index in [-0.39, 0.29) is 18.2 Å². The van der Waals surface area contributed by atoms with Crippen LogP contribution in [0.4, 0.5) is 10.6 Å². The predicted molar refractivity (Wildman–Crippen MR) is 109 cm³/mol. The lowest BCUT2D eigenvalue weighted by Crippen LogP contribution is -2.45. The number of nitrogens with one attached hydrogen (secondary N) is 2. The molecular weight excluding hydrogens is 356 g/mol. The molecule has 2 heterocycles. The Hall–Kier alpha value is -2.80. The Kier molecular flexibility index (Phi) is 6.71. The molecule has 3 rings (SSSR count). The third kappa shape index (κ3) is 5.60. The zero-order chi connectivity index (χ0) is 19.9. The molecule has 0 spiro atoms. The number of carbonyl (C=O) groups excluding carboxylic acids is 1. The Labute approximate surface area is 166 Å². The molecule has 2 amide bonds. The van der Waals surface area contributed by atoms with Gasteiger partial charge in [-0.2, -0.15) is 0 Å². The number of hydrogen-bond donors (Lipinski definition) is 2. The van der Waals surface area contributed by atoms with Gasteiger partial charge in [0.1, 0.15) is 11.6 Å². The van der Waals surface area contributed by atoms with Gasteiger partial charge in [0, 0.05) is 32.4 Å². The molecule has 0 radical (unpaired) electrons. The largest absolute Gasteiger partial charge is 0.497 e. The van der Waals surface area contributed by atoms with Crippen LogP contribution in [-0.4, -0.2) is 43.4 Å². The molecule has 0 aliphatic carbocycles. The third-order valence-corrected chi connectivity index (χ3v) is 4.59. The van der Waals surface area contributed by atoms with Crippen molar-refractivity contribution < 1.29 is 14.3 Å². The van der Waals surface area contributed by atoms with E-state index in [4.69, 9.17) is 9.47 Å². The molecular formula is C21H28N4O3. The van der Waals surface area contributed by atoms with Crippen molar-refractivity contribution in [2.24, 2.45) is 0 Å². The van der Waals surface area contributed by atoms with E-state index >= 15 is 0 Å². The third-order valence-electron chi connectivity index (χ3n) is 4.59. The van der Waals surface area contributed by atoms with Gasteiger partial charge in [-0.1, -0.05) is 18.2 Å². The number of carbonyl (C=O) groups is 1. The van der Waals surface area contributed by atoms with Crippen molar-refractivity contribution in [1.82, 2.24) is 15.6 Å². The summed E-state index contributed by atoms with van der Waals surface area (Å²) in [6, 6.07) is 11.4. The number of methoxy groups -OCH3 is 1. The van der Waals surface area contributed by atoms with Crippen LogP contribution in [0.15, 0.2) is 42.6 Å². The summed E-state index contributed by atoms with van der Waals surface area (Å²) in [5.74, 6) is 1.71. The van der Waals surface area contributed by atoms with Crippen molar-refractivity contribution in [2.45, 2.75) is 39.1 Å². The van der Waals surface area contributed by atoms with Crippen LogP contribution in [0.5, 0.6) is 5.75 Å². The number of aromatic nitrogens is 1. The molecule has 2 unspecified atom stereocenters. The van der Waals surface area contributed by atoms with E-state index in [1.54, 1.807) is 7.11 Å². The maximum Gasteiger partial charge on any atom is 0.315 e. The van der Waals surface area contributed by atoms with E-state index in [1.165, 1.54) is 0 Å². The number of nitrogens with zero attached hydrogens (tertiary/aromatic N) is 2. The zero-order valence-electron chi connectivity index (χ0n) is 16.6. The van der Waals surface area contributed by atoms with Crippen LogP contribution in [0.3, 0.4) is 0 Å². The molecule has 1 aliphatic heterocycles. The van der Waals surface area contributed by atoms with Crippen LogP contribution in [0.1, 0.15) is 25.0 Å². The summed E-state index contributed by atoms with van der Waals surface area (Å²) in [6.45, 7) is 6.68. The number of hydrogen-bond acceptors (Lipinski definition) is 5. The minimum atomic E-state index is -0.220. The number of amides is 2. The molecule has 2 atom stereocenters. The average Bonchev–Trinajstić information content (AvgIpc) is 2.70. The molecule has 28 heavy (non-hydrogen) atoms. The van der Waals surface area contributed by atoms with Crippen molar-refractivity contribution in [1.29, 1.82) is 0 Å². The fourth-order valence-electron chi connectivity index (χ4n) is 3.28. The molecule has 7 heteroatoms. The lowest BCUT2D eigenvalue weighted by molar-refractivity contribution is -0.00546. The minimum Gasteiger partial charge on any atom is -0.497 e. The standard InChI is InChI=1S/C21H28N4O3/c1-15-13-25(14-16(2)28-15)20-8-7-18(11-22-20)12-24-21(26)23-10-17-5-4-6-19(9-17)27-3/h4-9,11,15-16H,10,12-14H2,1-3H3,(H2,23,24,26). The number of anilines is 1. The number of rotatable bonds is 6. The summed E-state index contributed by atoms with van der Waals surface area (Å²) >= 11 is 0. The first kappa shape index (κ1) is 19.9. The van der Waals surface area contributed by atoms with Gasteiger partial charge in [-0.05, 0) is 43.2 Å². The summed E-state index contributed by atoms with van der Waals surface area (Å²) in [5, 5.41) is 5.70. The molecule has 1 aliphatic rings. The highest BCUT2D eigenvalue weighted by Gasteiger charge is 2.22. The van der Waals surface area contributed by atoms with Gasteiger partial charge in [-0.25, -0.2) is 9.78 Å². The van der Waals surface area contributed by atoms with E-state index in [9.17, 15) is 4.79 Å². The quantitative estimate of drug-likeness (QED) is 0.801. The summed E-state index contributed by atoms with van der Waals surface area (Å²) in [7, 11) is 1.62. The second kappa shape index (κ2) is 9.41. The SMILES string of the molecule is COc1cccc(CNC(=O)NCc2ccc(N3CC(C)OC(C)C3)nc2)c1. The van der Waals surface area contributed by atoms with Crippen molar-refractivity contribution in [3.05, 3.63) is 53.7 Å². The Bertz CT molecular complexity index is 771. The molecule has 7 nitrogen and oxygen atoms in total. The zero-order valence-corrected chi connectivity index (χ0v) is 16.6. The smallest absolute Gasteiger partial charge is 0.315 e. The van der Waals surface area contributed by atoms with E-state index in [0.29, 0.717) is 13.1 Å². The van der Waals surface area contributed by atoms with Crippen molar-refractivity contribution >= 4 is 11.8 Å². The first-order valence-corrected chi connectivity index (χ1v) is 9.53. The Morgan fingerprint density at radius 3 is 2.50 bits per heavy atom.